The number of carbonyl (C=O) groups is 16. The molecule has 14 atom stereocenters. The van der Waals surface area contributed by atoms with Gasteiger partial charge in [0.2, 0.25) is 82.7 Å². The van der Waals surface area contributed by atoms with Crippen LogP contribution in [0, 0.1) is 23.7 Å². The number of thiol groups is 2. The van der Waals surface area contributed by atoms with E-state index in [1.54, 1.807) is 58.0 Å². The van der Waals surface area contributed by atoms with Crippen molar-refractivity contribution in [3.63, 3.8) is 0 Å². The van der Waals surface area contributed by atoms with E-state index >= 15 is 0 Å². The molecule has 0 radical (unpaired) electrons. The summed E-state index contributed by atoms with van der Waals surface area (Å²) < 4.78 is 0. The zero-order valence-corrected chi connectivity index (χ0v) is 68.6. The van der Waals surface area contributed by atoms with Gasteiger partial charge in [0.25, 0.3) is 0 Å². The van der Waals surface area contributed by atoms with Gasteiger partial charge in [0, 0.05) is 68.8 Å². The number of aromatic nitrogens is 2. The maximum Gasteiger partial charge on any atom is 0.327 e. The van der Waals surface area contributed by atoms with Crippen LogP contribution in [0.15, 0.2) is 47.8 Å². The average Bonchev–Trinajstić information content (AvgIpc) is 1.73. The Bertz CT molecular complexity index is 3720. The normalized spacial score (nSPS) is 18.2. The Labute approximate surface area is 680 Å². The smallest absolute Gasteiger partial charge is 0.327 e. The molecule has 14 amide bonds. The summed E-state index contributed by atoms with van der Waals surface area (Å²) in [5, 5.41) is 48.1. The number of nitrogens with zero attached hydrogens (tertiary/aromatic N) is 5. The van der Waals surface area contributed by atoms with Crippen molar-refractivity contribution < 1.29 is 86.9 Å². The third-order valence-electron chi connectivity index (χ3n) is 19.6. The number of nitrogens with one attached hydrogen (secondary N) is 12. The molecule has 638 valence electrons. The quantitative estimate of drug-likeness (QED) is 0.0137. The van der Waals surface area contributed by atoms with Crippen molar-refractivity contribution in [1.82, 2.24) is 83.2 Å². The SMILES string of the molecule is CC(C)C[C@H](NC(=O)[C@H](CC(C)C)NC(=O)[C@H](CC(C)C)NC(=O)[C@@H]1CCCN1C(=O)[C@H](CCCN=C(N)N)NC(=O)[C@@H](N)CS)C(=O)NCC(=O)N[C@@H](C)C(=O)N1CCC[C@H]1C(=O)N[C@@H](Cc1ccccc1)C(=O)N[C@@H](Cc1cnc[nH]1)C(=O)N[C@H](C(=O)N1CCC[C@H]1C(=O)N[C@@H](CCC(=O)O)C(=O)N[C@@H](CS)C(=O)O)C(C)C. The lowest BCUT2D eigenvalue weighted by atomic mass is 9.98. The second-order valence-electron chi connectivity index (χ2n) is 30.8. The van der Waals surface area contributed by atoms with Gasteiger partial charge in [-0.05, 0) is 113 Å². The van der Waals surface area contributed by atoms with Crippen LogP contribution in [0.4, 0.5) is 0 Å². The molecule has 4 heterocycles. The monoisotopic (exact) mass is 1650 g/mol. The molecule has 115 heavy (non-hydrogen) atoms. The first kappa shape index (κ1) is 95.5. The number of carboxylic acid groups (broad SMARTS) is 2. The van der Waals surface area contributed by atoms with Crippen molar-refractivity contribution in [3.05, 3.63) is 54.1 Å². The summed E-state index contributed by atoms with van der Waals surface area (Å²) in [7, 11) is 0. The summed E-state index contributed by atoms with van der Waals surface area (Å²) in [5.41, 5.74) is 17.9. The minimum absolute atomic E-state index is 0.00164. The van der Waals surface area contributed by atoms with Crippen LogP contribution >= 0.6 is 25.3 Å². The van der Waals surface area contributed by atoms with E-state index in [2.05, 4.69) is 98.7 Å². The average molecular weight is 1650 g/mol. The van der Waals surface area contributed by atoms with Crippen LogP contribution in [0.2, 0.25) is 0 Å². The van der Waals surface area contributed by atoms with Crippen LogP contribution in [-0.4, -0.2) is 264 Å². The molecule has 0 spiro atoms. The lowest BCUT2D eigenvalue weighted by Crippen LogP contribution is -2.61. The van der Waals surface area contributed by atoms with Gasteiger partial charge >= 0.3 is 11.9 Å². The Kier molecular flexibility index (Phi) is 39.1. The fraction of sp³-hybridized carbons (Fsp3) is 0.653. The number of guanidine groups is 1. The summed E-state index contributed by atoms with van der Waals surface area (Å²) in [5.74, 6) is -14.9. The Balaban J connectivity index is 1.25. The van der Waals surface area contributed by atoms with E-state index < -0.39 is 205 Å². The number of hydrogen-bond donors (Lipinski definition) is 19. The van der Waals surface area contributed by atoms with Crippen LogP contribution in [0.3, 0.4) is 0 Å². The molecule has 3 fully saturated rings. The molecule has 1 aromatic carbocycles. The Morgan fingerprint density at radius 2 is 0.974 bits per heavy atom. The first-order valence-electron chi connectivity index (χ1n) is 39.0. The summed E-state index contributed by atoms with van der Waals surface area (Å²) in [6.07, 6.45) is 3.67. The number of hydrogen-bond acceptors (Lipinski definition) is 21. The molecule has 0 aliphatic carbocycles. The van der Waals surface area contributed by atoms with E-state index in [0.29, 0.717) is 36.9 Å². The highest BCUT2D eigenvalue weighted by Gasteiger charge is 2.45. The third kappa shape index (κ3) is 30.5. The largest absolute Gasteiger partial charge is 0.481 e. The van der Waals surface area contributed by atoms with Gasteiger partial charge < -0.3 is 106 Å². The molecule has 3 aliphatic rings. The number of carboxylic acids is 2. The van der Waals surface area contributed by atoms with Crippen LogP contribution in [0.5, 0.6) is 0 Å². The van der Waals surface area contributed by atoms with Gasteiger partial charge in [-0.3, -0.25) is 76.9 Å². The number of aliphatic imine (C=N–C) groups is 1. The number of H-pyrrole nitrogens is 1. The highest BCUT2D eigenvalue weighted by molar-refractivity contribution is 7.80. The van der Waals surface area contributed by atoms with Crippen molar-refractivity contribution in [2.75, 3.05) is 44.2 Å². The molecule has 40 heteroatoms. The number of likely N-dealkylation sites (tertiary alicyclic amines) is 3. The fourth-order valence-corrected chi connectivity index (χ4v) is 14.1. The Morgan fingerprint density at radius 1 is 0.522 bits per heavy atom. The lowest BCUT2D eigenvalue weighted by molar-refractivity contribution is -0.144. The molecular weight excluding hydrogens is 1530 g/mol. The fourth-order valence-electron chi connectivity index (χ4n) is 13.7. The van der Waals surface area contributed by atoms with Gasteiger partial charge in [-0.2, -0.15) is 25.3 Å². The zero-order valence-electron chi connectivity index (χ0n) is 66.8. The number of carbonyl (C=O) groups excluding carboxylic acids is 14. The van der Waals surface area contributed by atoms with E-state index in [-0.39, 0.29) is 119 Å². The maximum atomic E-state index is 14.8. The molecule has 3 aliphatic heterocycles. The number of imidazole rings is 1. The van der Waals surface area contributed by atoms with Crippen LogP contribution in [-0.2, 0) is 89.6 Å². The standard InChI is InChI=1S/C75H118N20O18S2/c1-39(2)29-49(86-64(102)50(30-40(3)4)87-65(103)51(31-41(5)6)89-70(108)56-21-15-27-94(56)72(110)48(19-13-25-80-75(77)78)85-61(99)46(76)36-114)62(100)81-35-58(96)83-43(9)71(109)93-26-14-20-55(93)69(107)90-52(32-44-17-11-10-12-18-44)66(104)88-53(33-45-34-79-38-82-45)67(105)92-60(42(7)8)73(111)95-28-16-22-57(95)68(106)84-47(23-24-59(97)98)63(101)91-54(37-115)74(112)113/h10-12,17-18,34,38-43,46-57,60,114-115H,13-16,19-33,35-37,76H2,1-9H3,(H,79,82)(H,81,100)(H,83,96)(H,84,106)(H,85,99)(H,86,102)(H,87,103)(H,88,104)(H,89,108)(H,90,107)(H,91,101)(H,92,105)(H,97,98)(H,112,113)(H4,77,78,80)/t43-,46-,47-,48-,49-,50-,51-,52-,53-,54-,55-,56-,57-,60-/m0/s1. The summed E-state index contributed by atoms with van der Waals surface area (Å²) >= 11 is 8.06. The predicted molar refractivity (Wildman–Crippen MR) is 428 cm³/mol. The number of aliphatic carboxylic acids is 2. The molecule has 0 unspecified atom stereocenters. The van der Waals surface area contributed by atoms with Crippen molar-refractivity contribution in [2.24, 2.45) is 45.9 Å². The number of nitrogens with two attached hydrogens (primary N) is 3. The molecule has 3 saturated heterocycles. The number of benzene rings is 1. The second-order valence-corrected chi connectivity index (χ2v) is 31.6. The maximum absolute atomic E-state index is 14.8. The zero-order chi connectivity index (χ0) is 85.5. The molecule has 5 rings (SSSR count). The van der Waals surface area contributed by atoms with E-state index in [4.69, 9.17) is 17.2 Å². The number of amides is 14. The van der Waals surface area contributed by atoms with Crippen LogP contribution in [0.1, 0.15) is 157 Å². The number of rotatable bonds is 46. The first-order valence-corrected chi connectivity index (χ1v) is 40.3. The van der Waals surface area contributed by atoms with E-state index in [1.165, 1.54) is 34.1 Å². The van der Waals surface area contributed by atoms with Gasteiger partial charge in [-0.15, -0.1) is 0 Å². The minimum atomic E-state index is -1.52. The lowest BCUT2D eigenvalue weighted by Gasteiger charge is -2.32. The first-order chi connectivity index (χ1) is 54.3. The highest BCUT2D eigenvalue weighted by Crippen LogP contribution is 2.25. The molecule has 38 nitrogen and oxygen atoms in total. The number of aromatic amines is 1. The highest BCUT2D eigenvalue weighted by atomic mass is 32.1. The van der Waals surface area contributed by atoms with E-state index in [1.807, 2.05) is 27.7 Å². The second kappa shape index (κ2) is 47.0. The van der Waals surface area contributed by atoms with Gasteiger partial charge in [0.15, 0.2) is 5.96 Å². The van der Waals surface area contributed by atoms with Crippen LogP contribution in [0.25, 0.3) is 0 Å². The van der Waals surface area contributed by atoms with Crippen molar-refractivity contribution >= 4 is 126 Å². The molecule has 20 N–H and O–H groups in total. The molecular formula is C75H118N20O18S2. The van der Waals surface area contributed by atoms with Crippen LogP contribution < -0.4 is 75.7 Å². The molecule has 2 aromatic rings. The molecule has 1 aromatic heterocycles. The topological polar surface area (TPSA) is 575 Å². The minimum Gasteiger partial charge on any atom is -0.481 e. The Morgan fingerprint density at radius 3 is 1.46 bits per heavy atom. The van der Waals surface area contributed by atoms with Gasteiger partial charge in [0.05, 0.1) is 18.9 Å². The van der Waals surface area contributed by atoms with Crippen molar-refractivity contribution in [2.45, 2.75) is 243 Å². The summed E-state index contributed by atoms with van der Waals surface area (Å²) in [6.45, 7) is 15.3. The Hall–Kier alpha value is -10.1. The van der Waals surface area contributed by atoms with Gasteiger partial charge in [0.1, 0.15) is 78.5 Å². The third-order valence-corrected chi connectivity index (χ3v) is 20.4. The van der Waals surface area contributed by atoms with Gasteiger partial charge in [-0.1, -0.05) is 85.7 Å². The van der Waals surface area contributed by atoms with Crippen molar-refractivity contribution in [1.29, 1.82) is 0 Å². The summed E-state index contributed by atoms with van der Waals surface area (Å²) in [6, 6.07) is -9.06. The van der Waals surface area contributed by atoms with E-state index in [9.17, 15) is 86.9 Å². The molecule has 0 bridgehead atoms. The van der Waals surface area contributed by atoms with E-state index in [0.717, 1.165) is 0 Å². The van der Waals surface area contributed by atoms with Gasteiger partial charge in [-0.25, -0.2) is 9.78 Å². The van der Waals surface area contributed by atoms with Crippen molar-refractivity contribution in [3.8, 4) is 0 Å². The predicted octanol–water partition coefficient (Wildman–Crippen LogP) is -2.86. The summed E-state index contributed by atoms with van der Waals surface area (Å²) in [4.78, 5) is 236. The molecule has 0 saturated carbocycles.